The number of H-pyrrole nitrogens is 1. The van der Waals surface area contributed by atoms with E-state index in [1.165, 1.54) is 0 Å². The van der Waals surface area contributed by atoms with Gasteiger partial charge in [0.2, 0.25) is 11.9 Å². The molecule has 0 amide bonds. The second-order valence-electron chi connectivity index (χ2n) is 4.61. The monoisotopic (exact) mass is 334 g/mol. The number of aromatic nitrogens is 3. The number of benzene rings is 2. The van der Waals surface area contributed by atoms with Crippen molar-refractivity contribution in [3.63, 3.8) is 0 Å². The van der Waals surface area contributed by atoms with Gasteiger partial charge in [0.25, 0.3) is 0 Å². The highest BCUT2D eigenvalue weighted by Crippen LogP contribution is 2.38. The Balaban J connectivity index is 1.95. The van der Waals surface area contributed by atoms with Crippen molar-refractivity contribution in [3.8, 4) is 11.1 Å². The van der Waals surface area contributed by atoms with Crippen LogP contribution in [-0.2, 0) is 0 Å². The van der Waals surface area contributed by atoms with Crippen LogP contribution in [0, 0.1) is 0 Å². The molecule has 112 valence electrons. The van der Waals surface area contributed by atoms with Gasteiger partial charge < -0.3 is 16.8 Å². The fourth-order valence-electron chi connectivity index (χ4n) is 2.03. The molecule has 0 fully saturated rings. The highest BCUT2D eigenvalue weighted by molar-refractivity contribution is 6.39. The number of anilines is 4. The van der Waals surface area contributed by atoms with Crippen LogP contribution in [0.3, 0.4) is 0 Å². The maximum Gasteiger partial charge on any atom is 0.248 e. The lowest BCUT2D eigenvalue weighted by atomic mass is 10.0. The van der Waals surface area contributed by atoms with Gasteiger partial charge >= 0.3 is 0 Å². The smallest absolute Gasteiger partial charge is 0.248 e. The summed E-state index contributed by atoms with van der Waals surface area (Å²) in [6, 6.07) is 10.8. The van der Waals surface area contributed by atoms with Gasteiger partial charge in [-0.15, -0.1) is 5.10 Å². The second kappa shape index (κ2) is 5.75. The summed E-state index contributed by atoms with van der Waals surface area (Å²) in [4.78, 5) is 3.96. The van der Waals surface area contributed by atoms with Crippen LogP contribution in [0.25, 0.3) is 11.1 Å². The van der Waals surface area contributed by atoms with Gasteiger partial charge in [-0.1, -0.05) is 35.3 Å². The van der Waals surface area contributed by atoms with E-state index >= 15 is 0 Å². The topological polar surface area (TPSA) is 106 Å². The van der Waals surface area contributed by atoms with Crippen LogP contribution in [0.1, 0.15) is 0 Å². The zero-order valence-electron chi connectivity index (χ0n) is 11.3. The van der Waals surface area contributed by atoms with Crippen LogP contribution < -0.4 is 16.8 Å². The van der Waals surface area contributed by atoms with Crippen molar-refractivity contribution in [2.24, 2.45) is 0 Å². The molecule has 6 N–H and O–H groups in total. The molecule has 22 heavy (non-hydrogen) atoms. The van der Waals surface area contributed by atoms with Crippen LogP contribution in [0.4, 0.5) is 23.3 Å². The Kier molecular flexibility index (Phi) is 3.79. The Bertz CT molecular complexity index is 789. The third kappa shape index (κ3) is 2.93. The van der Waals surface area contributed by atoms with E-state index in [1.807, 2.05) is 12.1 Å². The first-order valence-electron chi connectivity index (χ1n) is 6.33. The lowest BCUT2D eigenvalue weighted by molar-refractivity contribution is 1.10. The predicted octanol–water partition coefficient (Wildman–Crippen LogP) is 3.69. The van der Waals surface area contributed by atoms with Gasteiger partial charge in [-0.2, -0.15) is 4.98 Å². The van der Waals surface area contributed by atoms with E-state index in [-0.39, 0.29) is 5.95 Å². The minimum atomic E-state index is 0.221. The summed E-state index contributed by atoms with van der Waals surface area (Å²) in [6.07, 6.45) is 0. The van der Waals surface area contributed by atoms with E-state index < -0.39 is 0 Å². The molecule has 0 aliphatic rings. The number of halogens is 2. The van der Waals surface area contributed by atoms with Crippen molar-refractivity contribution in [2.45, 2.75) is 0 Å². The average molecular weight is 335 g/mol. The molecular formula is C14H12Cl2N6. The average Bonchev–Trinajstić information content (AvgIpc) is 2.85. The van der Waals surface area contributed by atoms with E-state index in [4.69, 9.17) is 34.7 Å². The molecule has 2 aromatic carbocycles. The molecule has 3 rings (SSSR count). The van der Waals surface area contributed by atoms with E-state index in [0.717, 1.165) is 11.1 Å². The molecule has 0 atom stereocenters. The molecule has 0 bridgehead atoms. The lowest BCUT2D eigenvalue weighted by Gasteiger charge is -2.11. The highest BCUT2D eigenvalue weighted by atomic mass is 35.5. The van der Waals surface area contributed by atoms with Crippen LogP contribution in [0.2, 0.25) is 10.0 Å². The van der Waals surface area contributed by atoms with Crippen molar-refractivity contribution in [1.82, 2.24) is 15.2 Å². The SMILES string of the molecule is Nc1ccc(-c2c(Cl)cc(Nc3n[nH]c(N)n3)cc2Cl)cc1. The number of nitrogens with zero attached hydrogens (tertiary/aromatic N) is 2. The largest absolute Gasteiger partial charge is 0.399 e. The van der Waals surface area contributed by atoms with Crippen LogP contribution in [0.15, 0.2) is 36.4 Å². The molecule has 6 nitrogen and oxygen atoms in total. The standard InChI is InChI=1S/C14H12Cl2N6/c15-10-5-9(19-14-20-13(18)21-22-14)6-11(16)12(10)7-1-3-8(17)4-2-7/h1-6H,17H2,(H4,18,19,20,21,22). The van der Waals surface area contributed by atoms with E-state index in [2.05, 4.69) is 20.5 Å². The van der Waals surface area contributed by atoms with E-state index in [0.29, 0.717) is 27.4 Å². The number of hydrogen-bond acceptors (Lipinski definition) is 5. The molecule has 0 saturated carbocycles. The second-order valence-corrected chi connectivity index (χ2v) is 5.42. The molecule has 0 radical (unpaired) electrons. The number of nitrogens with two attached hydrogens (primary N) is 2. The first-order chi connectivity index (χ1) is 10.5. The Morgan fingerprint density at radius 3 is 2.18 bits per heavy atom. The van der Waals surface area contributed by atoms with E-state index in [9.17, 15) is 0 Å². The van der Waals surface area contributed by atoms with Gasteiger partial charge in [0.05, 0.1) is 10.0 Å². The summed E-state index contributed by atoms with van der Waals surface area (Å²) in [7, 11) is 0. The zero-order chi connectivity index (χ0) is 15.7. The van der Waals surface area contributed by atoms with Crippen molar-refractivity contribution in [3.05, 3.63) is 46.4 Å². The number of nitrogens with one attached hydrogen (secondary N) is 2. The molecule has 0 saturated heterocycles. The number of rotatable bonds is 3. The summed E-state index contributed by atoms with van der Waals surface area (Å²) in [5.74, 6) is 0.558. The molecule has 0 unspecified atom stereocenters. The van der Waals surface area contributed by atoms with Gasteiger partial charge in [0.15, 0.2) is 0 Å². The fraction of sp³-hybridized carbons (Fsp3) is 0. The maximum absolute atomic E-state index is 6.35. The molecule has 0 spiro atoms. The van der Waals surface area contributed by atoms with Crippen LogP contribution >= 0.6 is 23.2 Å². The maximum atomic E-state index is 6.35. The normalized spacial score (nSPS) is 10.6. The minimum absolute atomic E-state index is 0.221. The fourth-order valence-corrected chi connectivity index (χ4v) is 2.74. The third-order valence-electron chi connectivity index (χ3n) is 3.00. The van der Waals surface area contributed by atoms with E-state index in [1.54, 1.807) is 24.3 Å². The molecule has 1 aromatic heterocycles. The van der Waals surface area contributed by atoms with Gasteiger partial charge in [-0.05, 0) is 29.8 Å². The first kappa shape index (κ1) is 14.5. The number of aromatic amines is 1. The quantitative estimate of drug-likeness (QED) is 0.546. The van der Waals surface area contributed by atoms with Crippen molar-refractivity contribution < 1.29 is 0 Å². The van der Waals surface area contributed by atoms with Gasteiger partial charge in [-0.25, -0.2) is 5.10 Å². The van der Waals surface area contributed by atoms with Gasteiger partial charge in [0, 0.05) is 16.9 Å². The summed E-state index contributed by atoms with van der Waals surface area (Å²) >= 11 is 12.7. The summed E-state index contributed by atoms with van der Waals surface area (Å²) < 4.78 is 0. The number of nitrogen functional groups attached to an aromatic ring is 2. The molecule has 1 heterocycles. The Morgan fingerprint density at radius 2 is 1.64 bits per heavy atom. The van der Waals surface area contributed by atoms with Gasteiger partial charge in [0.1, 0.15) is 0 Å². The highest BCUT2D eigenvalue weighted by Gasteiger charge is 2.11. The molecular weight excluding hydrogens is 323 g/mol. The molecule has 3 aromatic rings. The third-order valence-corrected chi connectivity index (χ3v) is 3.60. The van der Waals surface area contributed by atoms with Crippen molar-refractivity contribution in [1.29, 1.82) is 0 Å². The minimum Gasteiger partial charge on any atom is -0.399 e. The Morgan fingerprint density at radius 1 is 1.00 bits per heavy atom. The van der Waals surface area contributed by atoms with Crippen molar-refractivity contribution in [2.75, 3.05) is 16.8 Å². The summed E-state index contributed by atoms with van der Waals surface area (Å²) in [6.45, 7) is 0. The first-order valence-corrected chi connectivity index (χ1v) is 7.08. The van der Waals surface area contributed by atoms with Crippen LogP contribution in [0.5, 0.6) is 0 Å². The van der Waals surface area contributed by atoms with Crippen LogP contribution in [-0.4, -0.2) is 15.2 Å². The number of hydrogen-bond donors (Lipinski definition) is 4. The molecule has 0 aliphatic heterocycles. The zero-order valence-corrected chi connectivity index (χ0v) is 12.8. The molecule has 8 heteroatoms. The summed E-state index contributed by atoms with van der Waals surface area (Å²) in [5, 5.41) is 10.4. The van der Waals surface area contributed by atoms with Gasteiger partial charge in [-0.3, -0.25) is 0 Å². The lowest BCUT2D eigenvalue weighted by Crippen LogP contribution is -1.94. The molecule has 0 aliphatic carbocycles. The van der Waals surface area contributed by atoms with Crippen molar-refractivity contribution >= 4 is 46.5 Å². The summed E-state index contributed by atoms with van der Waals surface area (Å²) in [5.41, 5.74) is 14.1. The predicted molar refractivity (Wildman–Crippen MR) is 90.4 cm³/mol. The Labute approximate surface area is 136 Å². The Hall–Kier alpha value is -2.44.